The largest absolute Gasteiger partial charge is 0.326 e. The van der Waals surface area contributed by atoms with Crippen LogP contribution in [0, 0.1) is 3.57 Å². The predicted molar refractivity (Wildman–Crippen MR) is 94.7 cm³/mol. The number of hydrogen-bond acceptors (Lipinski definition) is 3. The molecule has 7 heteroatoms. The van der Waals surface area contributed by atoms with Crippen molar-refractivity contribution in [3.63, 3.8) is 0 Å². The van der Waals surface area contributed by atoms with Crippen LogP contribution in [0.15, 0.2) is 42.5 Å². The third-order valence-electron chi connectivity index (χ3n) is 2.81. The fourth-order valence-corrected chi connectivity index (χ4v) is 4.17. The minimum absolute atomic E-state index is 0.0867. The molecule has 0 aliphatic rings. The minimum Gasteiger partial charge on any atom is -0.326 e. The lowest BCUT2D eigenvalue weighted by Crippen LogP contribution is -2.15. The van der Waals surface area contributed by atoms with Crippen LogP contribution in [0.5, 0.6) is 0 Å². The first kappa shape index (κ1) is 16.5. The molecular formula is C14H14ClIN2O2S. The smallest absolute Gasteiger partial charge is 0.236 e. The Morgan fingerprint density at radius 2 is 1.71 bits per heavy atom. The predicted octanol–water partition coefficient (Wildman–Crippen LogP) is 3.35. The van der Waals surface area contributed by atoms with Crippen LogP contribution >= 0.6 is 34.2 Å². The van der Waals surface area contributed by atoms with Crippen molar-refractivity contribution < 1.29 is 8.42 Å². The molecule has 0 aliphatic heterocycles. The lowest BCUT2D eigenvalue weighted by atomic mass is 10.1. The van der Waals surface area contributed by atoms with Crippen molar-refractivity contribution in [3.8, 4) is 0 Å². The molecule has 0 aromatic heterocycles. The minimum atomic E-state index is -3.47. The topological polar surface area (TPSA) is 72.2 Å². The Morgan fingerprint density at radius 3 is 2.29 bits per heavy atom. The van der Waals surface area contributed by atoms with Crippen LogP contribution in [0.2, 0.25) is 5.02 Å². The third kappa shape index (κ3) is 4.84. The maximum atomic E-state index is 12.2. The number of sulfonamides is 1. The molecule has 4 nitrogen and oxygen atoms in total. The fraction of sp³-hybridized carbons (Fsp3) is 0.143. The van der Waals surface area contributed by atoms with E-state index in [9.17, 15) is 8.42 Å². The van der Waals surface area contributed by atoms with Gasteiger partial charge in [0.05, 0.1) is 11.4 Å². The van der Waals surface area contributed by atoms with Crippen molar-refractivity contribution in [2.24, 2.45) is 5.73 Å². The lowest BCUT2D eigenvalue weighted by molar-refractivity contribution is 0.600. The summed E-state index contributed by atoms with van der Waals surface area (Å²) in [5.74, 6) is -0.0867. The molecule has 2 rings (SSSR count). The van der Waals surface area contributed by atoms with E-state index in [1.54, 1.807) is 30.3 Å². The monoisotopic (exact) mass is 436 g/mol. The van der Waals surface area contributed by atoms with Gasteiger partial charge in [0.15, 0.2) is 0 Å². The van der Waals surface area contributed by atoms with Crippen molar-refractivity contribution in [2.75, 3.05) is 4.72 Å². The van der Waals surface area contributed by atoms with Gasteiger partial charge in [-0.2, -0.15) is 0 Å². The van der Waals surface area contributed by atoms with Gasteiger partial charge in [-0.3, -0.25) is 4.72 Å². The number of rotatable bonds is 5. The van der Waals surface area contributed by atoms with Crippen molar-refractivity contribution in [3.05, 3.63) is 62.2 Å². The Balaban J connectivity index is 2.14. The van der Waals surface area contributed by atoms with E-state index >= 15 is 0 Å². The molecule has 0 heterocycles. The summed E-state index contributed by atoms with van der Waals surface area (Å²) in [6.45, 7) is 0.439. The van der Waals surface area contributed by atoms with Gasteiger partial charge in [-0.1, -0.05) is 35.9 Å². The van der Waals surface area contributed by atoms with Gasteiger partial charge in [-0.05, 0) is 51.9 Å². The highest BCUT2D eigenvalue weighted by molar-refractivity contribution is 14.1. The first-order valence-corrected chi connectivity index (χ1v) is 9.24. The van der Waals surface area contributed by atoms with E-state index in [4.69, 9.17) is 17.3 Å². The number of nitrogens with one attached hydrogen (secondary N) is 1. The maximum absolute atomic E-state index is 12.2. The zero-order valence-electron chi connectivity index (χ0n) is 11.0. The summed E-state index contributed by atoms with van der Waals surface area (Å²) in [7, 11) is -3.47. The molecule has 0 unspecified atom stereocenters. The van der Waals surface area contributed by atoms with E-state index in [0.29, 0.717) is 22.8 Å². The van der Waals surface area contributed by atoms with Crippen LogP contribution < -0.4 is 10.5 Å². The molecule has 112 valence electrons. The van der Waals surface area contributed by atoms with Crippen LogP contribution in [0.25, 0.3) is 0 Å². The highest BCUT2D eigenvalue weighted by atomic mass is 127. The van der Waals surface area contributed by atoms with E-state index in [1.807, 2.05) is 34.7 Å². The van der Waals surface area contributed by atoms with Gasteiger partial charge in [-0.15, -0.1) is 0 Å². The number of anilines is 1. The first-order valence-electron chi connectivity index (χ1n) is 6.13. The quantitative estimate of drug-likeness (QED) is 0.706. The van der Waals surface area contributed by atoms with Crippen LogP contribution in [0.1, 0.15) is 11.1 Å². The fourth-order valence-electron chi connectivity index (χ4n) is 1.77. The Morgan fingerprint density at radius 1 is 1.10 bits per heavy atom. The van der Waals surface area contributed by atoms with E-state index in [-0.39, 0.29) is 5.75 Å². The standard InChI is InChI=1S/C14H14ClIN2O2S/c15-12-5-6-14(13(16)7-12)18-21(19,20)9-11-3-1-10(8-17)2-4-11/h1-7,18H,8-9,17H2. The molecule has 0 spiro atoms. The normalized spacial score (nSPS) is 11.4. The lowest BCUT2D eigenvalue weighted by Gasteiger charge is -2.10. The van der Waals surface area contributed by atoms with Gasteiger partial charge in [0.2, 0.25) is 10.0 Å². The number of benzene rings is 2. The SMILES string of the molecule is NCc1ccc(CS(=O)(=O)Nc2ccc(Cl)cc2I)cc1. The van der Waals surface area contributed by atoms with Crippen LogP contribution in [0.3, 0.4) is 0 Å². The van der Waals surface area contributed by atoms with Gasteiger partial charge in [0.1, 0.15) is 0 Å². The molecule has 0 saturated carbocycles. The van der Waals surface area contributed by atoms with Crippen molar-refractivity contribution in [1.29, 1.82) is 0 Å². The van der Waals surface area contributed by atoms with Crippen LogP contribution in [-0.4, -0.2) is 8.42 Å². The number of hydrogen-bond donors (Lipinski definition) is 2. The average molecular weight is 437 g/mol. The number of nitrogens with two attached hydrogens (primary N) is 1. The molecule has 0 atom stereocenters. The molecule has 0 bridgehead atoms. The third-order valence-corrected chi connectivity index (χ3v) is 5.18. The van der Waals surface area contributed by atoms with Crippen molar-refractivity contribution in [1.82, 2.24) is 0 Å². The second-order valence-corrected chi connectivity index (χ2v) is 7.83. The Hall–Kier alpha value is -0.830. The second kappa shape index (κ2) is 6.95. The molecule has 0 radical (unpaired) electrons. The summed E-state index contributed by atoms with van der Waals surface area (Å²) in [6, 6.07) is 12.2. The summed E-state index contributed by atoms with van der Waals surface area (Å²) in [4.78, 5) is 0. The second-order valence-electron chi connectivity index (χ2n) is 4.51. The van der Waals surface area contributed by atoms with Crippen molar-refractivity contribution >= 4 is 49.9 Å². The molecule has 0 amide bonds. The zero-order chi connectivity index (χ0) is 15.5. The first-order chi connectivity index (χ1) is 9.89. The van der Waals surface area contributed by atoms with Gasteiger partial charge < -0.3 is 5.73 Å². The summed E-state index contributed by atoms with van der Waals surface area (Å²) < 4.78 is 27.7. The zero-order valence-corrected chi connectivity index (χ0v) is 14.7. The van der Waals surface area contributed by atoms with Crippen LogP contribution in [0.4, 0.5) is 5.69 Å². The molecule has 3 N–H and O–H groups in total. The summed E-state index contributed by atoms with van der Waals surface area (Å²) >= 11 is 7.90. The molecular weight excluding hydrogens is 423 g/mol. The van der Waals surface area contributed by atoms with E-state index in [0.717, 1.165) is 9.13 Å². The van der Waals surface area contributed by atoms with E-state index < -0.39 is 10.0 Å². The summed E-state index contributed by atoms with van der Waals surface area (Å²) in [5.41, 5.74) is 7.72. The molecule has 0 saturated heterocycles. The molecule has 0 aliphatic carbocycles. The maximum Gasteiger partial charge on any atom is 0.236 e. The van der Waals surface area contributed by atoms with Crippen LogP contribution in [-0.2, 0) is 22.3 Å². The molecule has 21 heavy (non-hydrogen) atoms. The highest BCUT2D eigenvalue weighted by Crippen LogP contribution is 2.24. The average Bonchev–Trinajstić information content (AvgIpc) is 2.42. The molecule has 2 aromatic carbocycles. The number of halogens is 2. The summed E-state index contributed by atoms with van der Waals surface area (Å²) in [6.07, 6.45) is 0. The molecule has 2 aromatic rings. The van der Waals surface area contributed by atoms with Crippen molar-refractivity contribution in [2.45, 2.75) is 12.3 Å². The summed E-state index contributed by atoms with van der Waals surface area (Å²) in [5, 5.41) is 0.569. The van der Waals surface area contributed by atoms with E-state index in [1.165, 1.54) is 0 Å². The molecule has 0 fully saturated rings. The van der Waals surface area contributed by atoms with E-state index in [2.05, 4.69) is 4.72 Å². The Bertz CT molecular complexity index is 733. The van der Waals surface area contributed by atoms with Gasteiger partial charge in [0, 0.05) is 15.1 Å². The highest BCUT2D eigenvalue weighted by Gasteiger charge is 2.13. The van der Waals surface area contributed by atoms with Gasteiger partial charge >= 0.3 is 0 Å². The Kier molecular flexibility index (Phi) is 5.48. The Labute approximate surface area is 142 Å². The van der Waals surface area contributed by atoms with Gasteiger partial charge in [-0.25, -0.2) is 8.42 Å². The van der Waals surface area contributed by atoms with Gasteiger partial charge in [0.25, 0.3) is 0 Å².